The number of rotatable bonds is 5. The number of carbonyl (C=O) groups is 2. The maximum atomic E-state index is 13.0. The zero-order valence-corrected chi connectivity index (χ0v) is 18.6. The summed E-state index contributed by atoms with van der Waals surface area (Å²) in [7, 11) is 0. The van der Waals surface area contributed by atoms with Crippen LogP contribution in [0.25, 0.3) is 0 Å². The number of hydrogen-bond donors (Lipinski definition) is 1. The molecule has 0 spiro atoms. The summed E-state index contributed by atoms with van der Waals surface area (Å²) >= 11 is 0. The topological polar surface area (TPSA) is 52.7 Å². The lowest BCUT2D eigenvalue weighted by Gasteiger charge is -2.33. The van der Waals surface area contributed by atoms with Gasteiger partial charge in [-0.1, -0.05) is 30.3 Å². The maximum Gasteiger partial charge on any atom is 0.416 e. The second kappa shape index (κ2) is 9.55. The minimum atomic E-state index is -4.48. The van der Waals surface area contributed by atoms with Gasteiger partial charge in [-0.15, -0.1) is 0 Å². The first-order valence-corrected chi connectivity index (χ1v) is 11.3. The molecule has 5 nitrogen and oxygen atoms in total. The van der Waals surface area contributed by atoms with Gasteiger partial charge in [0.1, 0.15) is 0 Å². The standard InChI is InChI=1S/C25H28F3N3O2/c1-17-5-2-3-6-18(17)15-30-11-9-21(10-12-30)29-24(33)19-13-23(32)31(16-19)22-8-4-7-20(14-22)25(26,27)28/h2-8,14,19,21H,9-13,15-16H2,1H3,(H,29,33). The Morgan fingerprint density at radius 1 is 1.09 bits per heavy atom. The first-order valence-electron chi connectivity index (χ1n) is 11.3. The Labute approximate surface area is 191 Å². The van der Waals surface area contributed by atoms with Gasteiger partial charge in [0.05, 0.1) is 11.5 Å². The van der Waals surface area contributed by atoms with Crippen molar-refractivity contribution in [1.29, 1.82) is 0 Å². The Bertz CT molecular complexity index is 1020. The first kappa shape index (κ1) is 23.3. The molecular weight excluding hydrogens is 431 g/mol. The average Bonchev–Trinajstić information content (AvgIpc) is 3.18. The highest BCUT2D eigenvalue weighted by molar-refractivity contribution is 6.00. The fourth-order valence-electron chi connectivity index (χ4n) is 4.57. The predicted octanol–water partition coefficient (Wildman–Crippen LogP) is 4.15. The molecular formula is C25H28F3N3O2. The molecule has 2 heterocycles. The van der Waals surface area contributed by atoms with Gasteiger partial charge in [-0.2, -0.15) is 13.2 Å². The highest BCUT2D eigenvalue weighted by Gasteiger charge is 2.37. The fraction of sp³-hybridized carbons (Fsp3) is 0.440. The highest BCUT2D eigenvalue weighted by atomic mass is 19.4. The molecule has 33 heavy (non-hydrogen) atoms. The van der Waals surface area contributed by atoms with E-state index in [2.05, 4.69) is 29.3 Å². The molecule has 0 aliphatic carbocycles. The lowest BCUT2D eigenvalue weighted by Crippen LogP contribution is -2.46. The summed E-state index contributed by atoms with van der Waals surface area (Å²) < 4.78 is 39.0. The molecule has 2 fully saturated rings. The largest absolute Gasteiger partial charge is 0.416 e. The SMILES string of the molecule is Cc1ccccc1CN1CCC(NC(=O)C2CC(=O)N(c3cccc(C(F)(F)F)c3)C2)CC1. The van der Waals surface area contributed by atoms with Gasteiger partial charge in [-0.25, -0.2) is 0 Å². The molecule has 2 aliphatic rings. The molecule has 2 amide bonds. The summed E-state index contributed by atoms with van der Waals surface area (Å²) in [5.41, 5.74) is 1.94. The average molecular weight is 460 g/mol. The minimum Gasteiger partial charge on any atom is -0.353 e. The third kappa shape index (κ3) is 5.55. The van der Waals surface area contributed by atoms with Crippen LogP contribution < -0.4 is 10.2 Å². The van der Waals surface area contributed by atoms with Crippen LogP contribution in [-0.4, -0.2) is 42.4 Å². The number of aryl methyl sites for hydroxylation is 1. The van der Waals surface area contributed by atoms with E-state index in [0.29, 0.717) is 0 Å². The maximum absolute atomic E-state index is 13.0. The number of likely N-dealkylation sites (tertiary alicyclic amines) is 1. The predicted molar refractivity (Wildman–Crippen MR) is 120 cm³/mol. The molecule has 4 rings (SSSR count). The van der Waals surface area contributed by atoms with Gasteiger partial charge in [-0.05, 0) is 49.1 Å². The van der Waals surface area contributed by atoms with Crippen LogP contribution in [0.4, 0.5) is 18.9 Å². The quantitative estimate of drug-likeness (QED) is 0.731. The number of anilines is 1. The van der Waals surface area contributed by atoms with Gasteiger partial charge in [0, 0.05) is 44.3 Å². The Morgan fingerprint density at radius 2 is 1.82 bits per heavy atom. The second-order valence-corrected chi connectivity index (χ2v) is 8.94. The van der Waals surface area contributed by atoms with E-state index in [1.807, 2.05) is 12.1 Å². The summed E-state index contributed by atoms with van der Waals surface area (Å²) in [5, 5.41) is 3.06. The normalized spacial score (nSPS) is 20.3. The number of hydrogen-bond acceptors (Lipinski definition) is 3. The van der Waals surface area contributed by atoms with Crippen LogP contribution in [-0.2, 0) is 22.3 Å². The van der Waals surface area contributed by atoms with Crippen LogP contribution in [0, 0.1) is 12.8 Å². The van der Waals surface area contributed by atoms with Crippen LogP contribution in [0.3, 0.4) is 0 Å². The first-order chi connectivity index (χ1) is 15.7. The molecule has 2 aromatic rings. The van der Waals surface area contributed by atoms with E-state index >= 15 is 0 Å². The summed E-state index contributed by atoms with van der Waals surface area (Å²) in [4.78, 5) is 28.9. The van der Waals surface area contributed by atoms with Crippen LogP contribution >= 0.6 is 0 Å². The molecule has 0 radical (unpaired) electrons. The lowest BCUT2D eigenvalue weighted by molar-refractivity contribution is -0.137. The third-order valence-electron chi connectivity index (χ3n) is 6.57. The molecule has 1 N–H and O–H groups in total. The summed E-state index contributed by atoms with van der Waals surface area (Å²) in [5.74, 6) is -1.09. The number of nitrogens with one attached hydrogen (secondary N) is 1. The summed E-state index contributed by atoms with van der Waals surface area (Å²) in [6.07, 6.45) is -2.82. The van der Waals surface area contributed by atoms with E-state index in [0.717, 1.165) is 44.6 Å². The van der Waals surface area contributed by atoms with E-state index in [-0.39, 0.29) is 36.5 Å². The Balaban J connectivity index is 1.29. The van der Waals surface area contributed by atoms with Crippen LogP contribution in [0.5, 0.6) is 0 Å². The van der Waals surface area contributed by atoms with Crippen molar-refractivity contribution in [2.45, 2.75) is 44.9 Å². The van der Waals surface area contributed by atoms with Crippen molar-refractivity contribution in [2.24, 2.45) is 5.92 Å². The Hall–Kier alpha value is -2.87. The second-order valence-electron chi connectivity index (χ2n) is 8.94. The van der Waals surface area contributed by atoms with Gasteiger partial charge in [-0.3, -0.25) is 14.5 Å². The molecule has 2 aliphatic heterocycles. The Morgan fingerprint density at radius 3 is 2.52 bits per heavy atom. The molecule has 2 saturated heterocycles. The van der Waals surface area contributed by atoms with Gasteiger partial charge >= 0.3 is 6.18 Å². The van der Waals surface area contributed by atoms with Crippen LogP contribution in [0.2, 0.25) is 0 Å². The molecule has 0 bridgehead atoms. The van der Waals surface area contributed by atoms with E-state index < -0.39 is 17.7 Å². The molecule has 176 valence electrons. The van der Waals surface area contributed by atoms with Crippen molar-refractivity contribution in [3.05, 3.63) is 65.2 Å². The van der Waals surface area contributed by atoms with Crippen molar-refractivity contribution in [1.82, 2.24) is 10.2 Å². The third-order valence-corrected chi connectivity index (χ3v) is 6.57. The van der Waals surface area contributed by atoms with Gasteiger partial charge in [0.15, 0.2) is 0 Å². The van der Waals surface area contributed by atoms with Crippen molar-refractivity contribution < 1.29 is 22.8 Å². The molecule has 8 heteroatoms. The molecule has 0 saturated carbocycles. The van der Waals surface area contributed by atoms with Crippen molar-refractivity contribution in [2.75, 3.05) is 24.5 Å². The molecule has 1 atom stereocenters. The number of benzene rings is 2. The van der Waals surface area contributed by atoms with Crippen molar-refractivity contribution in [3.63, 3.8) is 0 Å². The highest BCUT2D eigenvalue weighted by Crippen LogP contribution is 2.33. The molecule has 1 unspecified atom stereocenters. The minimum absolute atomic E-state index is 0.00814. The summed E-state index contributed by atoms with van der Waals surface area (Å²) in [6, 6.07) is 13.0. The fourth-order valence-corrected chi connectivity index (χ4v) is 4.57. The number of amides is 2. The van der Waals surface area contributed by atoms with Crippen molar-refractivity contribution in [3.8, 4) is 0 Å². The summed E-state index contributed by atoms with van der Waals surface area (Å²) in [6.45, 7) is 4.83. The smallest absolute Gasteiger partial charge is 0.353 e. The number of piperidine rings is 1. The molecule has 0 aromatic heterocycles. The van der Waals surface area contributed by atoms with Gasteiger partial charge in [0.25, 0.3) is 0 Å². The van der Waals surface area contributed by atoms with Crippen LogP contribution in [0.1, 0.15) is 36.0 Å². The number of halogens is 3. The van der Waals surface area contributed by atoms with E-state index in [1.165, 1.54) is 28.2 Å². The Kier molecular flexibility index (Phi) is 6.74. The van der Waals surface area contributed by atoms with Gasteiger partial charge in [0.2, 0.25) is 11.8 Å². The zero-order valence-electron chi connectivity index (χ0n) is 18.6. The number of nitrogens with zero attached hydrogens (tertiary/aromatic N) is 2. The number of alkyl halides is 3. The van der Waals surface area contributed by atoms with Crippen molar-refractivity contribution >= 4 is 17.5 Å². The lowest BCUT2D eigenvalue weighted by atomic mass is 10.0. The van der Waals surface area contributed by atoms with E-state index in [1.54, 1.807) is 0 Å². The number of carbonyl (C=O) groups excluding carboxylic acids is 2. The van der Waals surface area contributed by atoms with Gasteiger partial charge < -0.3 is 10.2 Å². The van der Waals surface area contributed by atoms with E-state index in [9.17, 15) is 22.8 Å². The zero-order chi connectivity index (χ0) is 23.6. The molecule has 2 aromatic carbocycles. The van der Waals surface area contributed by atoms with E-state index in [4.69, 9.17) is 0 Å². The van der Waals surface area contributed by atoms with Crippen LogP contribution in [0.15, 0.2) is 48.5 Å². The monoisotopic (exact) mass is 459 g/mol.